The molecule has 1 aromatic rings. The summed E-state index contributed by atoms with van der Waals surface area (Å²) in [5, 5.41) is 3.15. The smallest absolute Gasteiger partial charge is 0.328 e. The van der Waals surface area contributed by atoms with Crippen molar-refractivity contribution in [2.24, 2.45) is 0 Å². The monoisotopic (exact) mass is 243 g/mol. The molecule has 0 radical (unpaired) electrons. The minimum Gasteiger partial charge on any atom is -0.464 e. The van der Waals surface area contributed by atoms with Crippen LogP contribution in [0, 0.1) is 0 Å². The summed E-state index contributed by atoms with van der Waals surface area (Å²) >= 11 is 5.72. The Labute approximate surface area is 98.9 Å². The van der Waals surface area contributed by atoms with Crippen molar-refractivity contribution in [2.75, 3.05) is 17.7 Å². The van der Waals surface area contributed by atoms with Crippen molar-refractivity contribution in [3.8, 4) is 0 Å². The first-order chi connectivity index (χ1) is 7.54. The fourth-order valence-electron chi connectivity index (χ4n) is 1.09. The first-order valence-corrected chi connectivity index (χ1v) is 5.27. The van der Waals surface area contributed by atoms with Gasteiger partial charge in [0.2, 0.25) is 0 Å². The van der Waals surface area contributed by atoms with Gasteiger partial charge in [0.15, 0.2) is 5.82 Å². The van der Waals surface area contributed by atoms with E-state index in [1.165, 1.54) is 0 Å². The fourth-order valence-corrected chi connectivity index (χ4v) is 1.24. The van der Waals surface area contributed by atoms with Gasteiger partial charge in [-0.3, -0.25) is 0 Å². The molecule has 0 bridgehead atoms. The molecule has 0 fully saturated rings. The quantitative estimate of drug-likeness (QED) is 0.622. The SMILES string of the molecule is CCOC(=O)C(C)Nc1nc(Cl)ccc1N. The second-order valence-corrected chi connectivity index (χ2v) is 3.58. The van der Waals surface area contributed by atoms with E-state index in [1.54, 1.807) is 26.0 Å². The lowest BCUT2D eigenvalue weighted by molar-refractivity contribution is -0.143. The molecule has 0 aliphatic carbocycles. The number of nitrogens with two attached hydrogens (primary N) is 1. The largest absolute Gasteiger partial charge is 0.464 e. The molecular weight excluding hydrogens is 230 g/mol. The fraction of sp³-hybridized carbons (Fsp3) is 0.400. The van der Waals surface area contributed by atoms with Gasteiger partial charge in [0.1, 0.15) is 11.2 Å². The molecule has 6 heteroatoms. The van der Waals surface area contributed by atoms with Gasteiger partial charge < -0.3 is 15.8 Å². The van der Waals surface area contributed by atoms with Crippen molar-refractivity contribution in [2.45, 2.75) is 19.9 Å². The zero-order valence-corrected chi connectivity index (χ0v) is 9.91. The number of esters is 1. The molecule has 0 amide bonds. The molecule has 1 unspecified atom stereocenters. The van der Waals surface area contributed by atoms with Crippen LogP contribution in [0.2, 0.25) is 5.15 Å². The number of nitrogens with zero attached hydrogens (tertiary/aromatic N) is 1. The summed E-state index contributed by atoms with van der Waals surface area (Å²) in [7, 11) is 0. The van der Waals surface area contributed by atoms with Crippen LogP contribution in [0.15, 0.2) is 12.1 Å². The highest BCUT2D eigenvalue weighted by molar-refractivity contribution is 6.29. The number of ether oxygens (including phenoxy) is 1. The minimum absolute atomic E-state index is 0.313. The molecule has 1 aromatic heterocycles. The lowest BCUT2D eigenvalue weighted by atomic mass is 10.3. The van der Waals surface area contributed by atoms with Crippen LogP contribution in [-0.2, 0) is 9.53 Å². The Bertz CT molecular complexity index is 384. The number of carbonyl (C=O) groups is 1. The maximum Gasteiger partial charge on any atom is 0.328 e. The van der Waals surface area contributed by atoms with Crippen LogP contribution in [0.5, 0.6) is 0 Å². The Balaban J connectivity index is 2.72. The van der Waals surface area contributed by atoms with E-state index in [-0.39, 0.29) is 5.97 Å². The van der Waals surface area contributed by atoms with E-state index in [1.807, 2.05) is 0 Å². The van der Waals surface area contributed by atoms with Crippen LogP contribution in [-0.4, -0.2) is 23.6 Å². The average molecular weight is 244 g/mol. The molecule has 1 rings (SSSR count). The van der Waals surface area contributed by atoms with Gasteiger partial charge in [0, 0.05) is 0 Å². The van der Waals surface area contributed by atoms with Gasteiger partial charge in [0.25, 0.3) is 0 Å². The molecule has 0 saturated carbocycles. The molecule has 0 spiro atoms. The number of aromatic nitrogens is 1. The molecular formula is C10H14ClN3O2. The van der Waals surface area contributed by atoms with Crippen molar-refractivity contribution in [3.63, 3.8) is 0 Å². The first kappa shape index (κ1) is 12.6. The van der Waals surface area contributed by atoms with Crippen LogP contribution >= 0.6 is 11.6 Å². The number of anilines is 2. The predicted octanol–water partition coefficient (Wildman–Crippen LogP) is 1.68. The van der Waals surface area contributed by atoms with Gasteiger partial charge >= 0.3 is 5.97 Å². The standard InChI is InChI=1S/C10H14ClN3O2/c1-3-16-10(15)6(2)13-9-7(12)4-5-8(11)14-9/h4-6H,3,12H2,1-2H3,(H,13,14). The maximum absolute atomic E-state index is 11.4. The van der Waals surface area contributed by atoms with Gasteiger partial charge in [-0.2, -0.15) is 0 Å². The number of nitrogens with one attached hydrogen (secondary N) is 1. The Morgan fingerprint density at radius 3 is 3.00 bits per heavy atom. The molecule has 3 N–H and O–H groups in total. The number of nitrogen functional groups attached to an aromatic ring is 1. The van der Waals surface area contributed by atoms with E-state index >= 15 is 0 Å². The zero-order chi connectivity index (χ0) is 12.1. The molecule has 0 aromatic carbocycles. The van der Waals surface area contributed by atoms with Gasteiger partial charge in [-0.25, -0.2) is 9.78 Å². The van der Waals surface area contributed by atoms with Gasteiger partial charge in [-0.05, 0) is 26.0 Å². The van der Waals surface area contributed by atoms with Gasteiger partial charge in [-0.1, -0.05) is 11.6 Å². The summed E-state index contributed by atoms with van der Waals surface area (Å²) in [6.07, 6.45) is 0. The number of halogens is 1. The number of hydrogen-bond acceptors (Lipinski definition) is 5. The van der Waals surface area contributed by atoms with E-state index in [0.29, 0.717) is 23.3 Å². The lowest BCUT2D eigenvalue weighted by Crippen LogP contribution is -2.29. The van der Waals surface area contributed by atoms with E-state index in [4.69, 9.17) is 22.1 Å². The molecule has 16 heavy (non-hydrogen) atoms. The summed E-state index contributed by atoms with van der Waals surface area (Å²) in [6.45, 7) is 3.75. The molecule has 0 aliphatic rings. The molecule has 0 saturated heterocycles. The highest BCUT2D eigenvalue weighted by Gasteiger charge is 2.15. The molecule has 1 heterocycles. The minimum atomic E-state index is -0.520. The topological polar surface area (TPSA) is 77.2 Å². The van der Waals surface area contributed by atoms with Gasteiger partial charge in [0.05, 0.1) is 12.3 Å². The summed E-state index contributed by atoms with van der Waals surface area (Å²) < 4.78 is 4.84. The van der Waals surface area contributed by atoms with E-state index < -0.39 is 6.04 Å². The van der Waals surface area contributed by atoms with Crippen LogP contribution in [0.3, 0.4) is 0 Å². The van der Waals surface area contributed by atoms with Crippen LogP contribution in [0.25, 0.3) is 0 Å². The highest BCUT2D eigenvalue weighted by atomic mass is 35.5. The van der Waals surface area contributed by atoms with Crippen molar-refractivity contribution in [1.29, 1.82) is 0 Å². The van der Waals surface area contributed by atoms with Crippen LogP contribution < -0.4 is 11.1 Å². The van der Waals surface area contributed by atoms with Crippen molar-refractivity contribution in [3.05, 3.63) is 17.3 Å². The second kappa shape index (κ2) is 5.55. The normalized spacial score (nSPS) is 11.9. The van der Waals surface area contributed by atoms with Crippen LogP contribution in [0.1, 0.15) is 13.8 Å². The third-order valence-corrected chi connectivity index (χ3v) is 2.10. The number of hydrogen-bond donors (Lipinski definition) is 2. The molecule has 1 atom stereocenters. The first-order valence-electron chi connectivity index (χ1n) is 4.89. The molecule has 0 aliphatic heterocycles. The Morgan fingerprint density at radius 1 is 1.69 bits per heavy atom. The van der Waals surface area contributed by atoms with E-state index in [9.17, 15) is 4.79 Å². The summed E-state index contributed by atoms with van der Waals surface area (Å²) in [5.74, 6) is 0.0247. The predicted molar refractivity (Wildman–Crippen MR) is 63.4 cm³/mol. The van der Waals surface area contributed by atoms with Crippen molar-refractivity contribution >= 4 is 29.1 Å². The van der Waals surface area contributed by atoms with Gasteiger partial charge in [-0.15, -0.1) is 0 Å². The molecule has 88 valence electrons. The Morgan fingerprint density at radius 2 is 2.38 bits per heavy atom. The summed E-state index contributed by atoms with van der Waals surface area (Å²) in [5.41, 5.74) is 6.11. The summed E-state index contributed by atoms with van der Waals surface area (Å²) in [6, 6.07) is 2.68. The maximum atomic E-state index is 11.4. The molecule has 5 nitrogen and oxygen atoms in total. The Hall–Kier alpha value is -1.49. The third-order valence-electron chi connectivity index (χ3n) is 1.89. The Kier molecular flexibility index (Phi) is 4.37. The van der Waals surface area contributed by atoms with E-state index in [2.05, 4.69) is 10.3 Å². The van der Waals surface area contributed by atoms with E-state index in [0.717, 1.165) is 0 Å². The number of carbonyl (C=O) groups excluding carboxylic acids is 1. The highest BCUT2D eigenvalue weighted by Crippen LogP contribution is 2.19. The lowest BCUT2D eigenvalue weighted by Gasteiger charge is -2.14. The number of pyridine rings is 1. The summed E-state index contributed by atoms with van der Waals surface area (Å²) in [4.78, 5) is 15.3. The third kappa shape index (κ3) is 3.27. The van der Waals surface area contributed by atoms with Crippen molar-refractivity contribution in [1.82, 2.24) is 4.98 Å². The van der Waals surface area contributed by atoms with Crippen molar-refractivity contribution < 1.29 is 9.53 Å². The second-order valence-electron chi connectivity index (χ2n) is 3.19. The van der Waals surface area contributed by atoms with Crippen LogP contribution in [0.4, 0.5) is 11.5 Å². The average Bonchev–Trinajstić information content (AvgIpc) is 2.23. The number of rotatable bonds is 4. The zero-order valence-electron chi connectivity index (χ0n) is 9.16.